The SMILES string of the molecule is COc1c(CC(C)=O)ccc2cc(Cl)oc12. The van der Waals surface area contributed by atoms with Gasteiger partial charge in [0.1, 0.15) is 5.78 Å². The van der Waals surface area contributed by atoms with E-state index in [4.69, 9.17) is 20.8 Å². The van der Waals surface area contributed by atoms with Gasteiger partial charge in [-0.3, -0.25) is 4.79 Å². The fraction of sp³-hybridized carbons (Fsp3) is 0.250. The number of carbonyl (C=O) groups excluding carboxylic acids is 1. The molecule has 1 aromatic carbocycles. The lowest BCUT2D eigenvalue weighted by Crippen LogP contribution is -1.99. The van der Waals surface area contributed by atoms with E-state index in [1.54, 1.807) is 20.1 Å². The number of carbonyl (C=O) groups is 1. The van der Waals surface area contributed by atoms with Crippen LogP contribution in [0.5, 0.6) is 5.75 Å². The van der Waals surface area contributed by atoms with Gasteiger partial charge >= 0.3 is 0 Å². The van der Waals surface area contributed by atoms with Crippen LogP contribution in [0.1, 0.15) is 12.5 Å². The lowest BCUT2D eigenvalue weighted by Gasteiger charge is -2.06. The number of fused-ring (bicyclic) bond motifs is 1. The number of ketones is 1. The third kappa shape index (κ3) is 1.91. The summed E-state index contributed by atoms with van der Waals surface area (Å²) in [7, 11) is 1.55. The summed E-state index contributed by atoms with van der Waals surface area (Å²) >= 11 is 5.78. The van der Waals surface area contributed by atoms with Gasteiger partial charge in [0, 0.05) is 23.4 Å². The summed E-state index contributed by atoms with van der Waals surface area (Å²) in [5.41, 5.74) is 1.40. The van der Waals surface area contributed by atoms with Crippen molar-refractivity contribution in [2.45, 2.75) is 13.3 Å². The Morgan fingerprint density at radius 1 is 1.50 bits per heavy atom. The molecule has 0 saturated carbocycles. The second kappa shape index (κ2) is 4.18. The van der Waals surface area contributed by atoms with Gasteiger partial charge in [-0.1, -0.05) is 12.1 Å². The minimum Gasteiger partial charge on any atom is -0.493 e. The van der Waals surface area contributed by atoms with E-state index in [-0.39, 0.29) is 5.78 Å². The molecule has 0 radical (unpaired) electrons. The molecule has 0 spiro atoms. The molecule has 1 aromatic heterocycles. The lowest BCUT2D eigenvalue weighted by molar-refractivity contribution is -0.116. The third-order valence-corrected chi connectivity index (χ3v) is 2.52. The van der Waals surface area contributed by atoms with Crippen LogP contribution in [0.3, 0.4) is 0 Å². The van der Waals surface area contributed by atoms with Crippen molar-refractivity contribution in [3.05, 3.63) is 29.0 Å². The first-order valence-corrected chi connectivity index (χ1v) is 5.24. The van der Waals surface area contributed by atoms with Crippen LogP contribution in [0.15, 0.2) is 22.6 Å². The first-order valence-electron chi connectivity index (χ1n) is 4.86. The molecule has 2 rings (SSSR count). The number of halogens is 1. The molecule has 3 nitrogen and oxygen atoms in total. The molecule has 0 aliphatic rings. The van der Waals surface area contributed by atoms with Crippen molar-refractivity contribution in [3.63, 3.8) is 0 Å². The molecule has 4 heteroatoms. The summed E-state index contributed by atoms with van der Waals surface area (Å²) in [4.78, 5) is 11.1. The van der Waals surface area contributed by atoms with Crippen LogP contribution in [0.4, 0.5) is 0 Å². The molecule has 0 bridgehead atoms. The lowest BCUT2D eigenvalue weighted by atomic mass is 10.1. The average molecular weight is 239 g/mol. The van der Waals surface area contributed by atoms with E-state index in [0.29, 0.717) is 23.0 Å². The van der Waals surface area contributed by atoms with E-state index in [1.165, 1.54) is 0 Å². The quantitative estimate of drug-likeness (QED) is 0.824. The minimum atomic E-state index is 0.0790. The summed E-state index contributed by atoms with van der Waals surface area (Å²) in [5.74, 6) is 0.662. The molecule has 16 heavy (non-hydrogen) atoms. The molecule has 0 N–H and O–H groups in total. The van der Waals surface area contributed by atoms with Gasteiger partial charge in [-0.15, -0.1) is 0 Å². The van der Waals surface area contributed by atoms with Crippen molar-refractivity contribution in [1.29, 1.82) is 0 Å². The Labute approximate surface area is 97.9 Å². The fourth-order valence-electron chi connectivity index (χ4n) is 1.72. The highest BCUT2D eigenvalue weighted by Gasteiger charge is 2.13. The molecule has 84 valence electrons. The minimum absolute atomic E-state index is 0.0790. The number of furan rings is 1. The largest absolute Gasteiger partial charge is 0.493 e. The fourth-order valence-corrected chi connectivity index (χ4v) is 1.91. The smallest absolute Gasteiger partial charge is 0.194 e. The molecular formula is C12H11ClO3. The van der Waals surface area contributed by atoms with Gasteiger partial charge in [0.05, 0.1) is 7.11 Å². The highest BCUT2D eigenvalue weighted by Crippen LogP contribution is 2.34. The summed E-state index contributed by atoms with van der Waals surface area (Å²) in [6.45, 7) is 1.54. The maximum absolute atomic E-state index is 11.1. The predicted molar refractivity (Wildman–Crippen MR) is 62.2 cm³/mol. The summed E-state index contributed by atoms with van der Waals surface area (Å²) in [6.07, 6.45) is 0.331. The van der Waals surface area contributed by atoms with Gasteiger partial charge in [0.15, 0.2) is 16.6 Å². The van der Waals surface area contributed by atoms with Gasteiger partial charge in [0.25, 0.3) is 0 Å². The van der Waals surface area contributed by atoms with Crippen LogP contribution in [0, 0.1) is 0 Å². The third-order valence-electron chi connectivity index (χ3n) is 2.34. The van der Waals surface area contributed by atoms with E-state index < -0.39 is 0 Å². The number of ether oxygens (including phenoxy) is 1. The monoisotopic (exact) mass is 238 g/mol. The highest BCUT2D eigenvalue weighted by atomic mass is 35.5. The molecule has 0 aliphatic heterocycles. The topological polar surface area (TPSA) is 39.4 Å². The number of Topliss-reactive ketones (excluding diaryl/α,β-unsaturated/α-hetero) is 1. The van der Waals surface area contributed by atoms with Crippen LogP contribution >= 0.6 is 11.6 Å². The zero-order valence-electron chi connectivity index (χ0n) is 9.04. The Morgan fingerprint density at radius 2 is 2.25 bits per heavy atom. The number of benzene rings is 1. The number of rotatable bonds is 3. The molecule has 0 aliphatic carbocycles. The Bertz CT molecular complexity index is 542. The molecule has 0 fully saturated rings. The Kier molecular flexibility index (Phi) is 2.88. The second-order valence-corrected chi connectivity index (χ2v) is 3.98. The van der Waals surface area contributed by atoms with E-state index >= 15 is 0 Å². The molecule has 0 atom stereocenters. The standard InChI is InChI=1S/C12H11ClO3/c1-7(14)5-8-3-4-9-6-10(13)16-12(9)11(8)15-2/h3-4,6H,5H2,1-2H3. The Morgan fingerprint density at radius 3 is 2.88 bits per heavy atom. The summed E-state index contributed by atoms with van der Waals surface area (Å²) in [6, 6.07) is 5.44. The van der Waals surface area contributed by atoms with Gasteiger partial charge in [-0.05, 0) is 18.5 Å². The summed E-state index contributed by atoms with van der Waals surface area (Å²) in [5, 5.41) is 1.18. The number of hydrogen-bond donors (Lipinski definition) is 0. The van der Waals surface area contributed by atoms with Crippen molar-refractivity contribution in [2.24, 2.45) is 0 Å². The van der Waals surface area contributed by atoms with E-state index in [0.717, 1.165) is 10.9 Å². The van der Waals surface area contributed by atoms with Crippen molar-refractivity contribution >= 4 is 28.4 Å². The second-order valence-electron chi connectivity index (χ2n) is 3.61. The molecule has 1 heterocycles. The number of hydrogen-bond acceptors (Lipinski definition) is 3. The van der Waals surface area contributed by atoms with Crippen molar-refractivity contribution < 1.29 is 13.9 Å². The zero-order chi connectivity index (χ0) is 11.7. The normalized spacial score (nSPS) is 10.7. The van der Waals surface area contributed by atoms with Crippen LogP contribution in [0.25, 0.3) is 11.0 Å². The molecule has 2 aromatic rings. The predicted octanol–water partition coefficient (Wildman–Crippen LogP) is 3.23. The van der Waals surface area contributed by atoms with Gasteiger partial charge < -0.3 is 9.15 Å². The zero-order valence-corrected chi connectivity index (χ0v) is 9.80. The maximum atomic E-state index is 11.1. The van der Waals surface area contributed by atoms with Crippen molar-refractivity contribution in [2.75, 3.05) is 7.11 Å². The average Bonchev–Trinajstić information content (AvgIpc) is 2.57. The highest BCUT2D eigenvalue weighted by molar-refractivity contribution is 6.29. The molecule has 0 saturated heterocycles. The molecule has 0 unspecified atom stereocenters. The van der Waals surface area contributed by atoms with Gasteiger partial charge in [-0.25, -0.2) is 0 Å². The van der Waals surface area contributed by atoms with E-state index in [2.05, 4.69) is 0 Å². The van der Waals surface area contributed by atoms with E-state index in [9.17, 15) is 4.79 Å². The maximum Gasteiger partial charge on any atom is 0.194 e. The first-order chi connectivity index (χ1) is 7.61. The van der Waals surface area contributed by atoms with Crippen molar-refractivity contribution in [3.8, 4) is 5.75 Å². The van der Waals surface area contributed by atoms with E-state index in [1.807, 2.05) is 12.1 Å². The Hall–Kier alpha value is -1.48. The summed E-state index contributed by atoms with van der Waals surface area (Å²) < 4.78 is 10.6. The first kappa shape index (κ1) is 11.0. The Balaban J connectivity index is 2.62. The molecular weight excluding hydrogens is 228 g/mol. The van der Waals surface area contributed by atoms with Crippen LogP contribution in [-0.4, -0.2) is 12.9 Å². The van der Waals surface area contributed by atoms with Crippen LogP contribution < -0.4 is 4.74 Å². The van der Waals surface area contributed by atoms with Crippen LogP contribution in [0.2, 0.25) is 5.22 Å². The van der Waals surface area contributed by atoms with Gasteiger partial charge in [0.2, 0.25) is 0 Å². The number of methoxy groups -OCH3 is 1. The van der Waals surface area contributed by atoms with Crippen molar-refractivity contribution in [1.82, 2.24) is 0 Å². The molecule has 0 amide bonds. The van der Waals surface area contributed by atoms with Gasteiger partial charge in [-0.2, -0.15) is 0 Å². The van der Waals surface area contributed by atoms with Crippen LogP contribution in [-0.2, 0) is 11.2 Å².